The van der Waals surface area contributed by atoms with Gasteiger partial charge in [-0.15, -0.1) is 0 Å². The van der Waals surface area contributed by atoms with E-state index in [1.54, 1.807) is 18.2 Å². The summed E-state index contributed by atoms with van der Waals surface area (Å²) in [7, 11) is 1.52. The van der Waals surface area contributed by atoms with Crippen LogP contribution in [0.5, 0.6) is 11.5 Å². The molecule has 0 spiro atoms. The number of benzene rings is 2. The number of ether oxygens (including phenoxy) is 2. The van der Waals surface area contributed by atoms with Gasteiger partial charge in [0.25, 0.3) is 0 Å². The first-order chi connectivity index (χ1) is 11.5. The van der Waals surface area contributed by atoms with E-state index < -0.39 is 11.8 Å². The SMILES string of the molecule is CCOc1c(Cl)cc(CNC(=O)Nc2cccc(F)c2)cc1OC. The number of methoxy groups -OCH3 is 1. The summed E-state index contributed by atoms with van der Waals surface area (Å²) in [6, 6.07) is 8.62. The highest BCUT2D eigenvalue weighted by atomic mass is 35.5. The van der Waals surface area contributed by atoms with Crippen LogP contribution in [0.4, 0.5) is 14.9 Å². The van der Waals surface area contributed by atoms with Crippen LogP contribution in [0.25, 0.3) is 0 Å². The summed E-state index contributed by atoms with van der Waals surface area (Å²) in [6.07, 6.45) is 0. The lowest BCUT2D eigenvalue weighted by Crippen LogP contribution is -2.28. The Labute approximate surface area is 144 Å². The van der Waals surface area contributed by atoms with E-state index >= 15 is 0 Å². The monoisotopic (exact) mass is 352 g/mol. The van der Waals surface area contributed by atoms with Crippen LogP contribution in [-0.2, 0) is 6.54 Å². The van der Waals surface area contributed by atoms with Gasteiger partial charge in [-0.3, -0.25) is 0 Å². The summed E-state index contributed by atoms with van der Waals surface area (Å²) >= 11 is 6.18. The first-order valence-electron chi connectivity index (χ1n) is 7.33. The summed E-state index contributed by atoms with van der Waals surface area (Å²) < 4.78 is 23.8. The minimum atomic E-state index is -0.454. The second kappa shape index (κ2) is 8.40. The van der Waals surface area contributed by atoms with E-state index in [-0.39, 0.29) is 6.54 Å². The molecule has 0 aliphatic rings. The third-order valence-corrected chi connectivity index (χ3v) is 3.39. The third kappa shape index (κ3) is 4.76. The van der Waals surface area contributed by atoms with E-state index in [1.165, 1.54) is 25.3 Å². The van der Waals surface area contributed by atoms with Gasteiger partial charge in [-0.1, -0.05) is 17.7 Å². The van der Waals surface area contributed by atoms with E-state index in [0.717, 1.165) is 5.56 Å². The van der Waals surface area contributed by atoms with Crippen molar-refractivity contribution in [3.05, 3.63) is 52.8 Å². The quantitative estimate of drug-likeness (QED) is 0.818. The van der Waals surface area contributed by atoms with Crippen LogP contribution in [0, 0.1) is 5.82 Å². The van der Waals surface area contributed by atoms with Gasteiger partial charge in [0.05, 0.1) is 18.7 Å². The second-order valence-corrected chi connectivity index (χ2v) is 5.27. The molecule has 0 aliphatic carbocycles. The molecule has 0 aliphatic heterocycles. The maximum atomic E-state index is 13.1. The number of nitrogens with one attached hydrogen (secondary N) is 2. The zero-order valence-corrected chi connectivity index (χ0v) is 14.1. The first-order valence-corrected chi connectivity index (χ1v) is 7.71. The minimum Gasteiger partial charge on any atom is -0.493 e. The molecule has 2 aromatic rings. The summed E-state index contributed by atoms with van der Waals surface area (Å²) in [6.45, 7) is 2.54. The Kier molecular flexibility index (Phi) is 6.26. The number of carbonyl (C=O) groups excluding carboxylic acids is 1. The Morgan fingerprint density at radius 2 is 2.08 bits per heavy atom. The van der Waals surface area contributed by atoms with Crippen molar-refractivity contribution in [2.24, 2.45) is 0 Å². The van der Waals surface area contributed by atoms with Gasteiger partial charge in [0.1, 0.15) is 5.82 Å². The molecule has 2 amide bonds. The third-order valence-electron chi connectivity index (χ3n) is 3.11. The Bertz CT molecular complexity index is 725. The van der Waals surface area contributed by atoms with Crippen molar-refractivity contribution < 1.29 is 18.7 Å². The van der Waals surface area contributed by atoms with E-state index in [0.29, 0.717) is 28.8 Å². The highest BCUT2D eigenvalue weighted by molar-refractivity contribution is 6.32. The van der Waals surface area contributed by atoms with Crippen molar-refractivity contribution in [2.45, 2.75) is 13.5 Å². The van der Waals surface area contributed by atoms with Crippen molar-refractivity contribution in [1.82, 2.24) is 5.32 Å². The maximum Gasteiger partial charge on any atom is 0.319 e. The van der Waals surface area contributed by atoms with Crippen molar-refractivity contribution in [3.8, 4) is 11.5 Å². The van der Waals surface area contributed by atoms with Crippen LogP contribution in [-0.4, -0.2) is 19.7 Å². The molecule has 0 atom stereocenters. The number of carbonyl (C=O) groups is 1. The highest BCUT2D eigenvalue weighted by Crippen LogP contribution is 2.36. The molecule has 0 fully saturated rings. The molecule has 0 radical (unpaired) electrons. The molecule has 5 nitrogen and oxygen atoms in total. The zero-order chi connectivity index (χ0) is 17.5. The minimum absolute atomic E-state index is 0.226. The van der Waals surface area contributed by atoms with Crippen LogP contribution < -0.4 is 20.1 Å². The highest BCUT2D eigenvalue weighted by Gasteiger charge is 2.12. The number of hydrogen-bond donors (Lipinski definition) is 2. The molecule has 24 heavy (non-hydrogen) atoms. The predicted molar refractivity (Wildman–Crippen MR) is 91.4 cm³/mol. The molecule has 0 heterocycles. The average molecular weight is 353 g/mol. The van der Waals surface area contributed by atoms with Gasteiger partial charge in [-0.25, -0.2) is 9.18 Å². The van der Waals surface area contributed by atoms with Crippen LogP contribution in [0.1, 0.15) is 12.5 Å². The van der Waals surface area contributed by atoms with Gasteiger partial charge in [0.2, 0.25) is 0 Å². The number of rotatable bonds is 6. The summed E-state index contributed by atoms with van der Waals surface area (Å²) in [5, 5.41) is 5.62. The first kappa shape index (κ1) is 17.9. The molecular weight excluding hydrogens is 335 g/mol. The number of hydrogen-bond acceptors (Lipinski definition) is 3. The Morgan fingerprint density at radius 3 is 2.75 bits per heavy atom. The van der Waals surface area contributed by atoms with Crippen molar-refractivity contribution in [3.63, 3.8) is 0 Å². The van der Waals surface area contributed by atoms with Crippen molar-refractivity contribution in [1.29, 1.82) is 0 Å². The lowest BCUT2D eigenvalue weighted by molar-refractivity contribution is 0.251. The largest absolute Gasteiger partial charge is 0.493 e. The average Bonchev–Trinajstić information content (AvgIpc) is 2.55. The zero-order valence-electron chi connectivity index (χ0n) is 13.4. The number of urea groups is 1. The lowest BCUT2D eigenvalue weighted by Gasteiger charge is -2.14. The predicted octanol–water partition coefficient (Wildman–Crippen LogP) is 4.21. The van der Waals surface area contributed by atoms with Crippen LogP contribution in [0.3, 0.4) is 0 Å². The van der Waals surface area contributed by atoms with Gasteiger partial charge < -0.3 is 20.1 Å². The molecule has 0 saturated carbocycles. The number of anilines is 1. The topological polar surface area (TPSA) is 59.6 Å². The Morgan fingerprint density at radius 1 is 1.29 bits per heavy atom. The Hall–Kier alpha value is -2.47. The second-order valence-electron chi connectivity index (χ2n) is 4.86. The van der Waals surface area contributed by atoms with Gasteiger partial charge >= 0.3 is 6.03 Å². The van der Waals surface area contributed by atoms with Crippen LogP contribution in [0.15, 0.2) is 36.4 Å². The summed E-state index contributed by atoms with van der Waals surface area (Å²) in [5.74, 6) is 0.539. The fraction of sp³-hybridized carbons (Fsp3) is 0.235. The molecule has 0 aromatic heterocycles. The van der Waals surface area contributed by atoms with Gasteiger partial charge in [-0.05, 0) is 42.8 Å². The Balaban J connectivity index is 2.01. The number of amides is 2. The maximum absolute atomic E-state index is 13.1. The van der Waals surface area contributed by atoms with E-state index in [1.807, 2.05) is 6.92 Å². The molecular formula is C17H18ClFN2O3. The molecule has 128 valence electrons. The molecule has 2 rings (SSSR count). The van der Waals surface area contributed by atoms with Crippen molar-refractivity contribution >= 4 is 23.3 Å². The normalized spacial score (nSPS) is 10.2. The molecule has 0 saturated heterocycles. The standard InChI is InChI=1S/C17H18ClFN2O3/c1-3-24-16-14(18)7-11(8-15(16)23-2)10-20-17(22)21-13-6-4-5-12(19)9-13/h4-9H,3,10H2,1-2H3,(H2,20,21,22). The van der Waals surface area contributed by atoms with E-state index in [4.69, 9.17) is 21.1 Å². The molecule has 7 heteroatoms. The molecule has 0 unspecified atom stereocenters. The molecule has 0 bridgehead atoms. The van der Waals surface area contributed by atoms with E-state index in [2.05, 4.69) is 10.6 Å². The number of halogens is 2. The van der Waals surface area contributed by atoms with Crippen LogP contribution >= 0.6 is 11.6 Å². The molecule has 2 aromatic carbocycles. The summed E-state index contributed by atoms with van der Waals surface area (Å²) in [5.41, 5.74) is 1.12. The molecule has 2 N–H and O–H groups in total. The lowest BCUT2D eigenvalue weighted by atomic mass is 10.2. The van der Waals surface area contributed by atoms with Crippen molar-refractivity contribution in [2.75, 3.05) is 19.0 Å². The van der Waals surface area contributed by atoms with E-state index in [9.17, 15) is 9.18 Å². The smallest absolute Gasteiger partial charge is 0.319 e. The fourth-order valence-electron chi connectivity index (χ4n) is 2.08. The van der Waals surface area contributed by atoms with Gasteiger partial charge in [0.15, 0.2) is 11.5 Å². The summed E-state index contributed by atoms with van der Waals surface area (Å²) in [4.78, 5) is 11.9. The van der Waals surface area contributed by atoms with Gasteiger partial charge in [-0.2, -0.15) is 0 Å². The van der Waals surface area contributed by atoms with Crippen LogP contribution in [0.2, 0.25) is 5.02 Å². The van der Waals surface area contributed by atoms with Gasteiger partial charge in [0, 0.05) is 12.2 Å². The fourth-order valence-corrected chi connectivity index (χ4v) is 2.37.